The molecule has 0 saturated carbocycles. The van der Waals surface area contributed by atoms with Crippen LogP contribution in [0.2, 0.25) is 0 Å². The summed E-state index contributed by atoms with van der Waals surface area (Å²) < 4.78 is 2.10. The van der Waals surface area contributed by atoms with Gasteiger partial charge < -0.3 is 5.32 Å². The highest BCUT2D eigenvalue weighted by molar-refractivity contribution is 9.11. The van der Waals surface area contributed by atoms with E-state index in [4.69, 9.17) is 0 Å². The lowest BCUT2D eigenvalue weighted by molar-refractivity contribution is 1.31. The van der Waals surface area contributed by atoms with Crippen LogP contribution < -0.4 is 5.32 Å². The monoisotopic (exact) mass is 314 g/mol. The highest BCUT2D eigenvalue weighted by Crippen LogP contribution is 2.32. The first kappa shape index (κ1) is 9.93. The molecule has 1 aromatic carbocycles. The van der Waals surface area contributed by atoms with Gasteiger partial charge in [-0.2, -0.15) is 0 Å². The Labute approximate surface area is 99.0 Å². The molecule has 0 amide bonds. The predicted molar refractivity (Wildman–Crippen MR) is 66.7 cm³/mol. The Morgan fingerprint density at radius 2 is 2.07 bits per heavy atom. The second kappa shape index (κ2) is 3.87. The quantitative estimate of drug-likeness (QED) is 0.865. The van der Waals surface area contributed by atoms with Crippen LogP contribution in [0.1, 0.15) is 0 Å². The Bertz CT molecular complexity index is 483. The van der Waals surface area contributed by atoms with Crippen molar-refractivity contribution in [1.82, 2.24) is 4.98 Å². The maximum atomic E-state index is 4.26. The average Bonchev–Trinajstić information content (AvgIpc) is 2.16. The van der Waals surface area contributed by atoms with Crippen molar-refractivity contribution in [3.8, 4) is 0 Å². The molecule has 2 nitrogen and oxygen atoms in total. The van der Waals surface area contributed by atoms with Crippen molar-refractivity contribution in [2.75, 3.05) is 12.4 Å². The first-order valence-electron chi connectivity index (χ1n) is 4.14. The van der Waals surface area contributed by atoms with E-state index in [1.165, 1.54) is 0 Å². The zero-order valence-corrected chi connectivity index (χ0v) is 10.7. The van der Waals surface area contributed by atoms with Gasteiger partial charge in [-0.1, -0.05) is 15.9 Å². The number of hydrogen-bond acceptors (Lipinski definition) is 2. The summed E-state index contributed by atoms with van der Waals surface area (Å²) in [5, 5.41) is 5.34. The number of nitrogens with zero attached hydrogens (tertiary/aromatic N) is 1. The summed E-state index contributed by atoms with van der Waals surface area (Å²) in [5.74, 6) is 0.891. The minimum absolute atomic E-state index is 0.891. The van der Waals surface area contributed by atoms with Crippen LogP contribution in [0, 0.1) is 0 Å². The maximum Gasteiger partial charge on any atom is 0.134 e. The number of fused-ring (bicyclic) bond motifs is 1. The van der Waals surface area contributed by atoms with Crippen molar-refractivity contribution in [3.63, 3.8) is 0 Å². The maximum absolute atomic E-state index is 4.26. The summed E-state index contributed by atoms with van der Waals surface area (Å²) in [7, 11) is 1.87. The Balaban J connectivity index is 2.87. The second-order valence-corrected chi connectivity index (χ2v) is 4.67. The van der Waals surface area contributed by atoms with E-state index >= 15 is 0 Å². The van der Waals surface area contributed by atoms with Crippen molar-refractivity contribution in [2.45, 2.75) is 0 Å². The van der Waals surface area contributed by atoms with Gasteiger partial charge in [0.25, 0.3) is 0 Å². The molecule has 1 aromatic heterocycles. The van der Waals surface area contributed by atoms with E-state index in [1.54, 1.807) is 6.20 Å². The molecule has 0 spiro atoms. The molecule has 72 valence electrons. The van der Waals surface area contributed by atoms with Crippen molar-refractivity contribution < 1.29 is 0 Å². The summed E-state index contributed by atoms with van der Waals surface area (Å²) in [6.07, 6.45) is 1.80. The lowest BCUT2D eigenvalue weighted by atomic mass is 10.1. The van der Waals surface area contributed by atoms with Crippen LogP contribution in [0.4, 0.5) is 5.82 Å². The summed E-state index contributed by atoms with van der Waals surface area (Å²) in [6.45, 7) is 0. The van der Waals surface area contributed by atoms with Gasteiger partial charge >= 0.3 is 0 Å². The zero-order valence-electron chi connectivity index (χ0n) is 7.51. The number of halogens is 2. The minimum atomic E-state index is 0.891. The molecule has 0 radical (unpaired) electrons. The van der Waals surface area contributed by atoms with Crippen LogP contribution in [0.15, 0.2) is 33.3 Å². The SMILES string of the molecule is CNc1nccc2cc(Br)cc(Br)c12. The van der Waals surface area contributed by atoms with Crippen LogP contribution in [0.25, 0.3) is 10.8 Å². The molecule has 0 aliphatic carbocycles. The van der Waals surface area contributed by atoms with Crippen molar-refractivity contribution >= 4 is 48.5 Å². The first-order chi connectivity index (χ1) is 6.72. The van der Waals surface area contributed by atoms with Crippen molar-refractivity contribution in [1.29, 1.82) is 0 Å². The van der Waals surface area contributed by atoms with Gasteiger partial charge in [0, 0.05) is 27.6 Å². The number of hydrogen-bond donors (Lipinski definition) is 1. The number of aromatic nitrogens is 1. The number of pyridine rings is 1. The third-order valence-corrected chi connectivity index (χ3v) is 3.10. The average molecular weight is 316 g/mol. The van der Waals surface area contributed by atoms with Gasteiger partial charge in [0.15, 0.2) is 0 Å². The zero-order chi connectivity index (χ0) is 10.1. The minimum Gasteiger partial charge on any atom is -0.373 e. The van der Waals surface area contributed by atoms with E-state index in [9.17, 15) is 0 Å². The molecule has 4 heteroatoms. The molecular weight excluding hydrogens is 308 g/mol. The van der Waals surface area contributed by atoms with E-state index < -0.39 is 0 Å². The predicted octanol–water partition coefficient (Wildman–Crippen LogP) is 3.80. The Kier molecular flexibility index (Phi) is 2.74. The summed E-state index contributed by atoms with van der Waals surface area (Å²) in [4.78, 5) is 4.26. The Morgan fingerprint density at radius 3 is 2.79 bits per heavy atom. The molecular formula is C10H8Br2N2. The lowest BCUT2D eigenvalue weighted by Gasteiger charge is -2.06. The van der Waals surface area contributed by atoms with Crippen molar-refractivity contribution in [2.24, 2.45) is 0 Å². The van der Waals surface area contributed by atoms with Crippen LogP contribution in [0.5, 0.6) is 0 Å². The molecule has 0 fully saturated rings. The molecule has 1 N–H and O–H groups in total. The van der Waals surface area contributed by atoms with E-state index in [0.717, 1.165) is 25.5 Å². The Morgan fingerprint density at radius 1 is 1.29 bits per heavy atom. The lowest BCUT2D eigenvalue weighted by Crippen LogP contribution is -1.93. The van der Waals surface area contributed by atoms with E-state index in [-0.39, 0.29) is 0 Å². The molecule has 2 rings (SSSR count). The van der Waals surface area contributed by atoms with Crippen LogP contribution in [-0.4, -0.2) is 12.0 Å². The summed E-state index contributed by atoms with van der Waals surface area (Å²) in [5.41, 5.74) is 0. The smallest absolute Gasteiger partial charge is 0.134 e. The fourth-order valence-electron chi connectivity index (χ4n) is 1.42. The molecule has 1 heterocycles. The van der Waals surface area contributed by atoms with E-state index in [1.807, 2.05) is 19.2 Å². The summed E-state index contributed by atoms with van der Waals surface area (Å²) >= 11 is 6.99. The third-order valence-electron chi connectivity index (χ3n) is 2.02. The molecule has 0 saturated heterocycles. The molecule has 0 aliphatic heterocycles. The molecule has 0 unspecified atom stereocenters. The first-order valence-corrected chi connectivity index (χ1v) is 5.72. The van der Waals surface area contributed by atoms with Crippen LogP contribution in [0.3, 0.4) is 0 Å². The van der Waals surface area contributed by atoms with Gasteiger partial charge in [-0.3, -0.25) is 0 Å². The number of nitrogens with one attached hydrogen (secondary N) is 1. The van der Waals surface area contributed by atoms with Gasteiger partial charge in [-0.25, -0.2) is 4.98 Å². The summed E-state index contributed by atoms with van der Waals surface area (Å²) in [6, 6.07) is 6.08. The number of benzene rings is 1. The third kappa shape index (κ3) is 1.64. The van der Waals surface area contributed by atoms with Gasteiger partial charge in [0.05, 0.1) is 0 Å². The van der Waals surface area contributed by atoms with Gasteiger partial charge in [0.2, 0.25) is 0 Å². The Hall–Kier alpha value is -0.610. The van der Waals surface area contributed by atoms with Gasteiger partial charge in [-0.15, -0.1) is 0 Å². The fourth-order valence-corrected chi connectivity index (χ4v) is 2.87. The second-order valence-electron chi connectivity index (χ2n) is 2.90. The van der Waals surface area contributed by atoms with Crippen LogP contribution in [-0.2, 0) is 0 Å². The van der Waals surface area contributed by atoms with Crippen molar-refractivity contribution in [3.05, 3.63) is 33.3 Å². The van der Waals surface area contributed by atoms with E-state index in [2.05, 4.69) is 48.2 Å². The fraction of sp³-hybridized carbons (Fsp3) is 0.100. The number of rotatable bonds is 1. The molecule has 0 atom stereocenters. The molecule has 0 bridgehead atoms. The molecule has 14 heavy (non-hydrogen) atoms. The topological polar surface area (TPSA) is 24.9 Å². The standard InChI is InChI=1S/C10H8Br2N2/c1-13-10-9-6(2-3-14-10)4-7(11)5-8(9)12/h2-5H,1H3,(H,13,14). The highest BCUT2D eigenvalue weighted by Gasteiger charge is 2.05. The highest BCUT2D eigenvalue weighted by atomic mass is 79.9. The molecule has 0 aliphatic rings. The van der Waals surface area contributed by atoms with Crippen LogP contribution >= 0.6 is 31.9 Å². The van der Waals surface area contributed by atoms with Gasteiger partial charge in [-0.05, 0) is 39.5 Å². The van der Waals surface area contributed by atoms with Gasteiger partial charge in [0.1, 0.15) is 5.82 Å². The molecule has 2 aromatic rings. The number of anilines is 1. The van der Waals surface area contributed by atoms with E-state index in [0.29, 0.717) is 0 Å². The largest absolute Gasteiger partial charge is 0.373 e. The normalized spacial score (nSPS) is 10.5.